The predicted molar refractivity (Wildman–Crippen MR) is 68.1 cm³/mol. The average molecular weight is 272 g/mol. The molecule has 1 atom stereocenters. The Morgan fingerprint density at radius 1 is 1.44 bits per heavy atom. The van der Waals surface area contributed by atoms with E-state index in [1.807, 2.05) is 13.8 Å². The number of nitrogens with one attached hydrogen (secondary N) is 1. The van der Waals surface area contributed by atoms with Gasteiger partial charge < -0.3 is 5.73 Å². The van der Waals surface area contributed by atoms with E-state index in [1.165, 1.54) is 6.07 Å². The van der Waals surface area contributed by atoms with Crippen molar-refractivity contribution in [3.8, 4) is 0 Å². The SMILES string of the molecule is Cc1cc(F)c(N)cc1S(=O)(=O)NC1CC1(C)C. The van der Waals surface area contributed by atoms with Crippen molar-refractivity contribution >= 4 is 15.7 Å². The van der Waals surface area contributed by atoms with Crippen LogP contribution in [0.4, 0.5) is 10.1 Å². The van der Waals surface area contributed by atoms with Crippen molar-refractivity contribution in [3.63, 3.8) is 0 Å². The van der Waals surface area contributed by atoms with Crippen LogP contribution in [0.2, 0.25) is 0 Å². The average Bonchev–Trinajstić information content (AvgIpc) is 2.78. The Kier molecular flexibility index (Phi) is 2.90. The van der Waals surface area contributed by atoms with E-state index in [4.69, 9.17) is 5.73 Å². The molecule has 100 valence electrons. The highest BCUT2D eigenvalue weighted by Crippen LogP contribution is 2.45. The molecule has 1 aliphatic carbocycles. The van der Waals surface area contributed by atoms with Gasteiger partial charge in [-0.05, 0) is 36.5 Å². The summed E-state index contributed by atoms with van der Waals surface area (Å²) in [5, 5.41) is 0. The third kappa shape index (κ3) is 2.35. The van der Waals surface area contributed by atoms with Gasteiger partial charge in [0.1, 0.15) is 5.82 Å². The summed E-state index contributed by atoms with van der Waals surface area (Å²) in [6.07, 6.45) is 0.807. The molecular formula is C12H17FN2O2S. The summed E-state index contributed by atoms with van der Waals surface area (Å²) in [4.78, 5) is 0.0455. The van der Waals surface area contributed by atoms with Gasteiger partial charge in [0.15, 0.2) is 0 Å². The van der Waals surface area contributed by atoms with Gasteiger partial charge in [0.25, 0.3) is 0 Å². The first-order chi connectivity index (χ1) is 8.13. The predicted octanol–water partition coefficient (Wildman–Crippen LogP) is 1.79. The lowest BCUT2D eigenvalue weighted by molar-refractivity contribution is 0.554. The van der Waals surface area contributed by atoms with Crippen LogP contribution in [0.3, 0.4) is 0 Å². The number of anilines is 1. The summed E-state index contributed by atoms with van der Waals surface area (Å²) in [5.74, 6) is -0.599. The minimum Gasteiger partial charge on any atom is -0.396 e. The van der Waals surface area contributed by atoms with E-state index < -0.39 is 15.8 Å². The van der Waals surface area contributed by atoms with Crippen molar-refractivity contribution in [2.45, 2.75) is 38.1 Å². The molecule has 2 rings (SSSR count). The molecule has 4 nitrogen and oxygen atoms in total. The molecule has 6 heteroatoms. The highest BCUT2D eigenvalue weighted by atomic mass is 32.2. The summed E-state index contributed by atoms with van der Waals surface area (Å²) >= 11 is 0. The van der Waals surface area contributed by atoms with Gasteiger partial charge in [-0.25, -0.2) is 17.5 Å². The van der Waals surface area contributed by atoms with Crippen LogP contribution in [0.15, 0.2) is 17.0 Å². The number of hydrogen-bond acceptors (Lipinski definition) is 3. The molecule has 0 radical (unpaired) electrons. The maximum absolute atomic E-state index is 13.2. The number of aryl methyl sites for hydroxylation is 1. The zero-order valence-corrected chi connectivity index (χ0v) is 11.4. The molecule has 0 heterocycles. The molecule has 1 saturated carbocycles. The number of hydrogen-bond donors (Lipinski definition) is 2. The molecule has 0 saturated heterocycles. The van der Waals surface area contributed by atoms with Crippen LogP contribution in [-0.4, -0.2) is 14.5 Å². The molecule has 0 aliphatic heterocycles. The summed E-state index contributed by atoms with van der Waals surface area (Å²) in [6, 6.07) is 2.25. The van der Waals surface area contributed by atoms with E-state index in [0.717, 1.165) is 12.5 Å². The van der Waals surface area contributed by atoms with Crippen LogP contribution in [-0.2, 0) is 10.0 Å². The van der Waals surface area contributed by atoms with E-state index in [0.29, 0.717) is 5.56 Å². The van der Waals surface area contributed by atoms with Crippen LogP contribution in [0.25, 0.3) is 0 Å². The van der Waals surface area contributed by atoms with Gasteiger partial charge in [0.05, 0.1) is 10.6 Å². The van der Waals surface area contributed by atoms with Crippen LogP contribution in [0, 0.1) is 18.2 Å². The summed E-state index contributed by atoms with van der Waals surface area (Å²) in [6.45, 7) is 5.53. The number of nitrogen functional groups attached to an aromatic ring is 1. The Morgan fingerprint density at radius 3 is 2.50 bits per heavy atom. The first-order valence-corrected chi connectivity index (χ1v) is 7.20. The molecular weight excluding hydrogens is 255 g/mol. The number of benzene rings is 1. The van der Waals surface area contributed by atoms with E-state index in [-0.39, 0.29) is 22.0 Å². The molecule has 3 N–H and O–H groups in total. The molecule has 1 aromatic carbocycles. The maximum atomic E-state index is 13.2. The van der Waals surface area contributed by atoms with Crippen LogP contribution >= 0.6 is 0 Å². The quantitative estimate of drug-likeness (QED) is 0.824. The monoisotopic (exact) mass is 272 g/mol. The van der Waals surface area contributed by atoms with Crippen molar-refractivity contribution in [3.05, 3.63) is 23.5 Å². The highest BCUT2D eigenvalue weighted by Gasteiger charge is 2.48. The van der Waals surface area contributed by atoms with E-state index in [2.05, 4.69) is 4.72 Å². The third-order valence-electron chi connectivity index (χ3n) is 3.39. The Morgan fingerprint density at radius 2 is 2.00 bits per heavy atom. The first kappa shape index (κ1) is 13.3. The van der Waals surface area contributed by atoms with Crippen molar-refractivity contribution in [1.82, 2.24) is 4.72 Å². The van der Waals surface area contributed by atoms with E-state index >= 15 is 0 Å². The minimum absolute atomic E-state index is 0.00739. The van der Waals surface area contributed by atoms with Gasteiger partial charge >= 0.3 is 0 Å². The fourth-order valence-electron chi connectivity index (χ4n) is 1.88. The first-order valence-electron chi connectivity index (χ1n) is 5.71. The van der Waals surface area contributed by atoms with Crippen molar-refractivity contribution in [2.24, 2.45) is 5.41 Å². The van der Waals surface area contributed by atoms with Crippen molar-refractivity contribution in [1.29, 1.82) is 0 Å². The van der Waals surface area contributed by atoms with Crippen LogP contribution < -0.4 is 10.5 Å². The van der Waals surface area contributed by atoms with Crippen molar-refractivity contribution < 1.29 is 12.8 Å². The fourth-order valence-corrected chi connectivity index (χ4v) is 3.55. The van der Waals surface area contributed by atoms with Gasteiger partial charge in [-0.2, -0.15) is 0 Å². The Labute approximate surface area is 106 Å². The smallest absolute Gasteiger partial charge is 0.241 e. The number of nitrogens with two attached hydrogens (primary N) is 1. The van der Waals surface area contributed by atoms with Crippen LogP contribution in [0.1, 0.15) is 25.8 Å². The standard InChI is InChI=1S/C12H17FN2O2S/c1-7-4-8(13)9(14)5-10(7)18(16,17)15-11-6-12(11,2)3/h4-5,11,15H,6,14H2,1-3H3. The lowest BCUT2D eigenvalue weighted by atomic mass is 10.2. The third-order valence-corrected chi connectivity index (χ3v) is 5.01. The topological polar surface area (TPSA) is 72.2 Å². The van der Waals surface area contributed by atoms with E-state index in [1.54, 1.807) is 6.92 Å². The Balaban J connectivity index is 2.33. The fraction of sp³-hybridized carbons (Fsp3) is 0.500. The van der Waals surface area contributed by atoms with Crippen LogP contribution in [0.5, 0.6) is 0 Å². The lowest BCUT2D eigenvalue weighted by Crippen LogP contribution is -2.29. The molecule has 0 bridgehead atoms. The Hall–Kier alpha value is -1.14. The molecule has 1 aliphatic rings. The molecule has 1 fully saturated rings. The molecule has 1 aromatic rings. The van der Waals surface area contributed by atoms with Gasteiger partial charge in [-0.3, -0.25) is 0 Å². The zero-order chi connectivity index (χ0) is 13.7. The highest BCUT2D eigenvalue weighted by molar-refractivity contribution is 7.89. The number of rotatable bonds is 3. The molecule has 0 aromatic heterocycles. The molecule has 0 spiro atoms. The number of halogens is 1. The lowest BCUT2D eigenvalue weighted by Gasteiger charge is -2.11. The van der Waals surface area contributed by atoms with Crippen molar-refractivity contribution in [2.75, 3.05) is 5.73 Å². The zero-order valence-electron chi connectivity index (χ0n) is 10.6. The van der Waals surface area contributed by atoms with Gasteiger partial charge in [-0.15, -0.1) is 0 Å². The van der Waals surface area contributed by atoms with Gasteiger partial charge in [-0.1, -0.05) is 13.8 Å². The normalized spacial score (nSPS) is 21.9. The second kappa shape index (κ2) is 3.93. The summed E-state index contributed by atoms with van der Waals surface area (Å²) < 4.78 is 40.2. The second-order valence-corrected chi connectivity index (χ2v) is 7.19. The second-order valence-electron chi connectivity index (χ2n) is 5.51. The maximum Gasteiger partial charge on any atom is 0.241 e. The number of sulfonamides is 1. The Bertz CT molecular complexity index is 596. The minimum atomic E-state index is -3.63. The summed E-state index contributed by atoms with van der Waals surface area (Å²) in [5.41, 5.74) is 5.61. The summed E-state index contributed by atoms with van der Waals surface area (Å²) in [7, 11) is -3.63. The van der Waals surface area contributed by atoms with Gasteiger partial charge in [0, 0.05) is 6.04 Å². The molecule has 18 heavy (non-hydrogen) atoms. The van der Waals surface area contributed by atoms with Gasteiger partial charge in [0.2, 0.25) is 10.0 Å². The molecule has 0 amide bonds. The molecule has 1 unspecified atom stereocenters. The largest absolute Gasteiger partial charge is 0.396 e. The van der Waals surface area contributed by atoms with E-state index in [9.17, 15) is 12.8 Å².